The third-order valence-corrected chi connectivity index (χ3v) is 4.54. The van der Waals surface area contributed by atoms with E-state index >= 15 is 0 Å². The quantitative estimate of drug-likeness (QED) is 0.695. The maximum atomic E-state index is 12.2. The molecule has 2 aromatic rings. The lowest BCUT2D eigenvalue weighted by Gasteiger charge is -2.19. The highest BCUT2D eigenvalue weighted by atomic mass is 16.5. The van der Waals surface area contributed by atoms with Gasteiger partial charge in [-0.3, -0.25) is 4.79 Å². The largest absolute Gasteiger partial charge is 0.493 e. The number of hydrogen-bond acceptors (Lipinski definition) is 3. The number of methoxy groups -OCH3 is 1. The highest BCUT2D eigenvalue weighted by molar-refractivity contribution is 5.76. The Balaban J connectivity index is 1.85. The average Bonchev–Trinajstić information content (AvgIpc) is 2.64. The zero-order valence-electron chi connectivity index (χ0n) is 18.0. The van der Waals surface area contributed by atoms with Gasteiger partial charge in [0, 0.05) is 13.0 Å². The molecule has 4 heteroatoms. The Morgan fingerprint density at radius 1 is 1.00 bits per heavy atom. The fourth-order valence-corrected chi connectivity index (χ4v) is 2.89. The molecular formula is C24H33NO3. The molecular weight excluding hydrogens is 350 g/mol. The molecule has 1 amide bonds. The molecule has 0 saturated carbocycles. The van der Waals surface area contributed by atoms with Gasteiger partial charge in [0.15, 0.2) is 11.5 Å². The summed E-state index contributed by atoms with van der Waals surface area (Å²) in [5, 5.41) is 2.98. The molecule has 0 fully saturated rings. The fourth-order valence-electron chi connectivity index (χ4n) is 2.89. The van der Waals surface area contributed by atoms with Crippen molar-refractivity contribution in [3.8, 4) is 11.5 Å². The van der Waals surface area contributed by atoms with E-state index in [0.29, 0.717) is 24.5 Å². The molecule has 0 spiro atoms. The van der Waals surface area contributed by atoms with E-state index in [1.165, 1.54) is 11.1 Å². The van der Waals surface area contributed by atoms with E-state index < -0.39 is 0 Å². The van der Waals surface area contributed by atoms with Crippen LogP contribution < -0.4 is 14.8 Å². The van der Waals surface area contributed by atoms with E-state index in [1.807, 2.05) is 32.0 Å². The van der Waals surface area contributed by atoms with Crippen molar-refractivity contribution >= 4 is 5.91 Å². The van der Waals surface area contributed by atoms with Crippen LogP contribution in [0.5, 0.6) is 11.5 Å². The van der Waals surface area contributed by atoms with Crippen LogP contribution in [0.3, 0.4) is 0 Å². The number of nitrogens with one attached hydrogen (secondary N) is 1. The first kappa shape index (κ1) is 21.8. The molecule has 0 aliphatic carbocycles. The summed E-state index contributed by atoms with van der Waals surface area (Å²) in [6.45, 7) is 11.0. The number of ether oxygens (including phenoxy) is 2. The first-order valence-electron chi connectivity index (χ1n) is 9.88. The molecule has 1 N–H and O–H groups in total. The fraction of sp³-hybridized carbons (Fsp3) is 0.458. The van der Waals surface area contributed by atoms with Crippen LogP contribution in [0, 0.1) is 0 Å². The third-order valence-electron chi connectivity index (χ3n) is 4.54. The second kappa shape index (κ2) is 9.63. The number of carbonyl (C=O) groups excluding carboxylic acids is 1. The van der Waals surface area contributed by atoms with Gasteiger partial charge in [-0.15, -0.1) is 0 Å². The maximum absolute atomic E-state index is 12.2. The monoisotopic (exact) mass is 383 g/mol. The van der Waals surface area contributed by atoms with Gasteiger partial charge in [-0.2, -0.15) is 0 Å². The first-order valence-corrected chi connectivity index (χ1v) is 9.88. The molecule has 0 atom stereocenters. The zero-order chi connectivity index (χ0) is 20.7. The summed E-state index contributed by atoms with van der Waals surface area (Å²) in [7, 11) is 1.62. The van der Waals surface area contributed by atoms with Crippen LogP contribution in [0.15, 0.2) is 42.5 Å². The smallest absolute Gasteiger partial charge is 0.220 e. The molecule has 4 nitrogen and oxygen atoms in total. The molecule has 0 unspecified atom stereocenters. The van der Waals surface area contributed by atoms with Gasteiger partial charge in [-0.25, -0.2) is 0 Å². The van der Waals surface area contributed by atoms with Gasteiger partial charge in [0.1, 0.15) is 0 Å². The van der Waals surface area contributed by atoms with Crippen molar-refractivity contribution in [3.63, 3.8) is 0 Å². The van der Waals surface area contributed by atoms with Crippen LogP contribution in [0.4, 0.5) is 0 Å². The topological polar surface area (TPSA) is 47.6 Å². The highest BCUT2D eigenvalue weighted by Crippen LogP contribution is 2.29. The number of hydrogen-bond donors (Lipinski definition) is 1. The van der Waals surface area contributed by atoms with Crippen molar-refractivity contribution in [2.24, 2.45) is 0 Å². The third kappa shape index (κ3) is 6.59. The molecule has 2 aromatic carbocycles. The molecule has 0 saturated heterocycles. The molecule has 28 heavy (non-hydrogen) atoms. The van der Waals surface area contributed by atoms with Crippen LogP contribution in [0.1, 0.15) is 57.7 Å². The molecule has 0 radical (unpaired) electrons. The Morgan fingerprint density at radius 3 is 2.21 bits per heavy atom. The second-order valence-corrected chi connectivity index (χ2v) is 8.38. The predicted molar refractivity (Wildman–Crippen MR) is 114 cm³/mol. The van der Waals surface area contributed by atoms with E-state index in [0.717, 1.165) is 12.0 Å². The Morgan fingerprint density at radius 2 is 1.64 bits per heavy atom. The molecule has 0 aliphatic heterocycles. The molecule has 0 heterocycles. The van der Waals surface area contributed by atoms with Gasteiger partial charge in [-0.1, -0.05) is 51.1 Å². The van der Waals surface area contributed by atoms with Gasteiger partial charge in [0.05, 0.1) is 13.2 Å². The molecule has 152 valence electrons. The van der Waals surface area contributed by atoms with E-state index in [9.17, 15) is 4.79 Å². The van der Waals surface area contributed by atoms with E-state index in [-0.39, 0.29) is 17.4 Å². The summed E-state index contributed by atoms with van der Waals surface area (Å²) in [6, 6.07) is 14.3. The number of aryl methyl sites for hydroxylation is 1. The van der Waals surface area contributed by atoms with Crippen molar-refractivity contribution in [2.45, 2.75) is 65.5 Å². The SMILES string of the molecule is COc1cc(CNC(=O)CCc2ccc(C(C)(C)C)cc2)ccc1OC(C)C. The average molecular weight is 384 g/mol. The van der Waals surface area contributed by atoms with Crippen LogP contribution in [-0.2, 0) is 23.2 Å². The van der Waals surface area contributed by atoms with Crippen molar-refractivity contribution in [3.05, 3.63) is 59.2 Å². The van der Waals surface area contributed by atoms with Gasteiger partial charge in [0.25, 0.3) is 0 Å². The molecule has 2 rings (SSSR count). The Hall–Kier alpha value is -2.49. The highest BCUT2D eigenvalue weighted by Gasteiger charge is 2.13. The van der Waals surface area contributed by atoms with Crippen molar-refractivity contribution in [2.75, 3.05) is 7.11 Å². The van der Waals surface area contributed by atoms with E-state index in [2.05, 4.69) is 50.4 Å². The lowest BCUT2D eigenvalue weighted by Crippen LogP contribution is -2.23. The van der Waals surface area contributed by atoms with E-state index in [1.54, 1.807) is 7.11 Å². The maximum Gasteiger partial charge on any atom is 0.220 e. The normalized spacial score (nSPS) is 11.4. The minimum atomic E-state index is 0.0429. The number of amides is 1. The summed E-state index contributed by atoms with van der Waals surface area (Å²) >= 11 is 0. The van der Waals surface area contributed by atoms with Gasteiger partial charge in [0.2, 0.25) is 5.91 Å². The summed E-state index contributed by atoms with van der Waals surface area (Å²) in [6.07, 6.45) is 1.29. The lowest BCUT2D eigenvalue weighted by atomic mass is 9.86. The predicted octanol–water partition coefficient (Wildman–Crippen LogP) is 5.03. The van der Waals surface area contributed by atoms with Crippen LogP contribution in [0.2, 0.25) is 0 Å². The van der Waals surface area contributed by atoms with Crippen molar-refractivity contribution in [1.29, 1.82) is 0 Å². The minimum Gasteiger partial charge on any atom is -0.493 e. The lowest BCUT2D eigenvalue weighted by molar-refractivity contribution is -0.121. The Bertz CT molecular complexity index is 773. The number of benzene rings is 2. The minimum absolute atomic E-state index is 0.0429. The van der Waals surface area contributed by atoms with Crippen molar-refractivity contribution in [1.82, 2.24) is 5.32 Å². The number of carbonyl (C=O) groups is 1. The Labute approximate surface area is 169 Å². The molecule has 0 aromatic heterocycles. The van der Waals surface area contributed by atoms with E-state index in [4.69, 9.17) is 9.47 Å². The second-order valence-electron chi connectivity index (χ2n) is 8.38. The number of rotatable bonds is 8. The summed E-state index contributed by atoms with van der Waals surface area (Å²) < 4.78 is 11.1. The summed E-state index contributed by atoms with van der Waals surface area (Å²) in [4.78, 5) is 12.2. The zero-order valence-corrected chi connectivity index (χ0v) is 18.0. The van der Waals surface area contributed by atoms with Crippen LogP contribution in [-0.4, -0.2) is 19.1 Å². The first-order chi connectivity index (χ1) is 13.2. The van der Waals surface area contributed by atoms with Crippen LogP contribution in [0.25, 0.3) is 0 Å². The van der Waals surface area contributed by atoms with Crippen LogP contribution >= 0.6 is 0 Å². The molecule has 0 aliphatic rings. The molecule has 0 bridgehead atoms. The van der Waals surface area contributed by atoms with Gasteiger partial charge in [-0.05, 0) is 54.5 Å². The van der Waals surface area contributed by atoms with Gasteiger partial charge >= 0.3 is 0 Å². The summed E-state index contributed by atoms with van der Waals surface area (Å²) in [5.74, 6) is 1.44. The standard InChI is InChI=1S/C24H33NO3/c1-17(2)28-21-13-9-19(15-22(21)27-6)16-25-23(26)14-10-18-7-11-20(12-8-18)24(3,4)5/h7-9,11-13,15,17H,10,14,16H2,1-6H3,(H,25,26). The van der Waals surface area contributed by atoms with Gasteiger partial charge < -0.3 is 14.8 Å². The Kier molecular flexibility index (Phi) is 7.50. The summed E-state index contributed by atoms with van der Waals surface area (Å²) in [5.41, 5.74) is 3.61. The van der Waals surface area contributed by atoms with Crippen molar-refractivity contribution < 1.29 is 14.3 Å².